The van der Waals surface area contributed by atoms with Crippen LogP contribution >= 0.6 is 11.6 Å². The van der Waals surface area contributed by atoms with Gasteiger partial charge in [0.15, 0.2) is 0 Å². The third kappa shape index (κ3) is 4.79. The van der Waals surface area contributed by atoms with Crippen molar-refractivity contribution in [2.75, 3.05) is 6.54 Å². The molecular formula is C25H34ClFN4. The highest BCUT2D eigenvalue weighted by atomic mass is 35.5. The molecule has 0 unspecified atom stereocenters. The van der Waals surface area contributed by atoms with Gasteiger partial charge in [-0.25, -0.2) is 4.39 Å². The molecule has 0 aromatic rings. The highest BCUT2D eigenvalue weighted by Crippen LogP contribution is 2.39. The lowest BCUT2D eigenvalue weighted by Crippen LogP contribution is -2.61. The number of nitrogens with one attached hydrogen (secondary N) is 4. The summed E-state index contributed by atoms with van der Waals surface area (Å²) in [5.41, 5.74) is 5.84. The van der Waals surface area contributed by atoms with E-state index in [0.29, 0.717) is 23.8 Å². The normalized spacial score (nSPS) is 33.9. The van der Waals surface area contributed by atoms with Gasteiger partial charge in [0.25, 0.3) is 0 Å². The first kappa shape index (κ1) is 21.3. The first-order valence-corrected chi connectivity index (χ1v) is 12.4. The summed E-state index contributed by atoms with van der Waals surface area (Å²) in [7, 11) is 0. The molecule has 4 N–H and O–H groups in total. The Morgan fingerprint density at radius 3 is 2.77 bits per heavy atom. The number of rotatable bonds is 4. The quantitative estimate of drug-likeness (QED) is 0.461. The second kappa shape index (κ2) is 9.51. The molecule has 2 aliphatic heterocycles. The van der Waals surface area contributed by atoms with Crippen molar-refractivity contribution in [3.63, 3.8) is 0 Å². The van der Waals surface area contributed by atoms with E-state index in [1.54, 1.807) is 5.57 Å². The molecule has 3 aliphatic carbocycles. The van der Waals surface area contributed by atoms with Crippen molar-refractivity contribution >= 4 is 11.6 Å². The molecule has 0 saturated carbocycles. The molecule has 0 bridgehead atoms. The summed E-state index contributed by atoms with van der Waals surface area (Å²) in [4.78, 5) is 0. The largest absolute Gasteiger partial charge is 0.387 e. The summed E-state index contributed by atoms with van der Waals surface area (Å²) < 4.78 is 13.8. The zero-order valence-electron chi connectivity index (χ0n) is 18.2. The van der Waals surface area contributed by atoms with Crippen LogP contribution in [0.5, 0.6) is 0 Å². The lowest BCUT2D eigenvalue weighted by Gasteiger charge is -2.44. The predicted octanol–water partition coefficient (Wildman–Crippen LogP) is 4.99. The molecule has 4 atom stereocenters. The van der Waals surface area contributed by atoms with Gasteiger partial charge in [0, 0.05) is 31.1 Å². The van der Waals surface area contributed by atoms with Crippen molar-refractivity contribution in [3.05, 3.63) is 57.7 Å². The molecule has 168 valence electrons. The smallest absolute Gasteiger partial charge is 0.114 e. The topological polar surface area (TPSA) is 48.1 Å². The van der Waals surface area contributed by atoms with E-state index >= 15 is 0 Å². The molecule has 0 amide bonds. The van der Waals surface area contributed by atoms with E-state index in [1.165, 1.54) is 48.9 Å². The van der Waals surface area contributed by atoms with E-state index in [1.807, 2.05) is 6.20 Å². The second-order valence-corrected chi connectivity index (χ2v) is 10.00. The van der Waals surface area contributed by atoms with Gasteiger partial charge in [-0.05, 0) is 80.7 Å². The van der Waals surface area contributed by atoms with Crippen LogP contribution in [0, 0.1) is 5.92 Å². The maximum Gasteiger partial charge on any atom is 0.114 e. The van der Waals surface area contributed by atoms with E-state index in [2.05, 4.69) is 39.5 Å². The van der Waals surface area contributed by atoms with E-state index in [-0.39, 0.29) is 24.2 Å². The summed E-state index contributed by atoms with van der Waals surface area (Å²) in [6.45, 7) is 0.842. The van der Waals surface area contributed by atoms with Crippen LogP contribution in [-0.4, -0.2) is 24.9 Å². The predicted molar refractivity (Wildman–Crippen MR) is 125 cm³/mol. The summed E-state index contributed by atoms with van der Waals surface area (Å²) >= 11 is 6.18. The number of hydrogen-bond acceptors (Lipinski definition) is 4. The van der Waals surface area contributed by atoms with Crippen LogP contribution in [0.4, 0.5) is 4.39 Å². The van der Waals surface area contributed by atoms with Gasteiger partial charge in [-0.1, -0.05) is 29.3 Å². The highest BCUT2D eigenvalue weighted by molar-refractivity contribution is 6.29. The van der Waals surface area contributed by atoms with Crippen LogP contribution in [-0.2, 0) is 0 Å². The monoisotopic (exact) mass is 444 g/mol. The highest BCUT2D eigenvalue weighted by Gasteiger charge is 2.36. The first-order chi connectivity index (χ1) is 15.2. The zero-order valence-corrected chi connectivity index (χ0v) is 18.9. The van der Waals surface area contributed by atoms with Crippen LogP contribution in [0.15, 0.2) is 57.7 Å². The fourth-order valence-corrected chi connectivity index (χ4v) is 6.01. The molecule has 0 aromatic carbocycles. The van der Waals surface area contributed by atoms with E-state index in [0.717, 1.165) is 25.8 Å². The molecule has 0 radical (unpaired) electrons. The Kier molecular flexibility index (Phi) is 6.54. The molecule has 0 fully saturated rings. The molecule has 0 saturated heterocycles. The third-order valence-electron chi connectivity index (χ3n) is 7.48. The van der Waals surface area contributed by atoms with Crippen molar-refractivity contribution in [3.8, 4) is 0 Å². The number of hydrogen-bond donors (Lipinski definition) is 4. The third-order valence-corrected chi connectivity index (χ3v) is 7.84. The number of allylic oxidation sites excluding steroid dienone is 6. The number of halogens is 2. The van der Waals surface area contributed by atoms with Gasteiger partial charge in [0.05, 0.1) is 11.2 Å². The van der Waals surface area contributed by atoms with Crippen molar-refractivity contribution < 1.29 is 4.39 Å². The summed E-state index contributed by atoms with van der Waals surface area (Å²) in [6.07, 6.45) is 19.4. The van der Waals surface area contributed by atoms with Gasteiger partial charge in [-0.15, -0.1) is 0 Å². The molecular weight excluding hydrogens is 411 g/mol. The summed E-state index contributed by atoms with van der Waals surface area (Å²) in [6, 6.07) is 0.199. The molecule has 5 rings (SSSR count). The second-order valence-electron chi connectivity index (χ2n) is 9.54. The fraction of sp³-hybridized carbons (Fsp3) is 0.600. The van der Waals surface area contributed by atoms with Gasteiger partial charge in [0.2, 0.25) is 0 Å². The van der Waals surface area contributed by atoms with Gasteiger partial charge < -0.3 is 10.6 Å². The van der Waals surface area contributed by atoms with Crippen molar-refractivity contribution in [2.45, 2.75) is 82.6 Å². The average molecular weight is 445 g/mol. The molecule has 31 heavy (non-hydrogen) atoms. The first-order valence-electron chi connectivity index (χ1n) is 12.0. The van der Waals surface area contributed by atoms with E-state index < -0.39 is 0 Å². The Morgan fingerprint density at radius 2 is 2.00 bits per heavy atom. The molecule has 2 heterocycles. The van der Waals surface area contributed by atoms with E-state index in [9.17, 15) is 4.39 Å². The van der Waals surface area contributed by atoms with E-state index in [4.69, 9.17) is 11.6 Å². The molecule has 6 heteroatoms. The lowest BCUT2D eigenvalue weighted by molar-refractivity contribution is 0.291. The van der Waals surface area contributed by atoms with Gasteiger partial charge >= 0.3 is 0 Å². The zero-order chi connectivity index (χ0) is 21.2. The Hall–Kier alpha value is -1.56. The lowest BCUT2D eigenvalue weighted by atomic mass is 9.77. The van der Waals surface area contributed by atoms with Crippen molar-refractivity contribution in [1.29, 1.82) is 0 Å². The van der Waals surface area contributed by atoms with Crippen LogP contribution < -0.4 is 21.3 Å². The Morgan fingerprint density at radius 1 is 1.06 bits per heavy atom. The summed E-state index contributed by atoms with van der Waals surface area (Å²) in [5.74, 6) is 0.525. The number of dihydropyridines is 1. The minimum absolute atomic E-state index is 0.0932. The average Bonchev–Trinajstić information content (AvgIpc) is 2.82. The van der Waals surface area contributed by atoms with Gasteiger partial charge in [-0.3, -0.25) is 10.6 Å². The van der Waals surface area contributed by atoms with Gasteiger partial charge in [-0.2, -0.15) is 0 Å². The molecule has 0 aromatic heterocycles. The van der Waals surface area contributed by atoms with Crippen molar-refractivity contribution in [2.24, 2.45) is 5.92 Å². The molecule has 0 spiro atoms. The molecule has 4 nitrogen and oxygen atoms in total. The minimum Gasteiger partial charge on any atom is -0.387 e. The standard InChI is InChI=1S/C25H34ClFN4/c26-21-14-19(9-10-22(21)27)29-25-20-13-17(16-5-2-1-3-6-16)8-11-23(20)30-24(31-25)18-7-4-12-28-15-18/h4-5,7,12,17,19,24-25,28-31H,1-3,6,8-11,13-15H2/t17-,19+,24+,25+/m1/s1. The van der Waals surface area contributed by atoms with Crippen LogP contribution in [0.1, 0.15) is 64.2 Å². The maximum atomic E-state index is 13.8. The Balaban J connectivity index is 1.37. The van der Waals surface area contributed by atoms with Gasteiger partial charge in [0.1, 0.15) is 12.0 Å². The fourth-order valence-electron chi connectivity index (χ4n) is 5.73. The van der Waals surface area contributed by atoms with Crippen LogP contribution in [0.3, 0.4) is 0 Å². The maximum absolute atomic E-state index is 13.8. The van der Waals surface area contributed by atoms with Crippen molar-refractivity contribution in [1.82, 2.24) is 21.3 Å². The molecule has 5 aliphatic rings. The summed E-state index contributed by atoms with van der Waals surface area (Å²) in [5, 5.41) is 15.2. The Labute approximate surface area is 190 Å². The van der Waals surface area contributed by atoms with Crippen LogP contribution in [0.25, 0.3) is 0 Å². The Bertz CT molecular complexity index is 856. The SMILES string of the molecule is FC1=C(Cl)C[C@@H](N[C@H]2N[C@@H](C3=CC=CNC3)NC3=C2C[C@H](C2=CCCCC2)CC3)CC1. The minimum atomic E-state index is -0.136. The van der Waals surface area contributed by atoms with Crippen LogP contribution in [0.2, 0.25) is 0 Å².